The summed E-state index contributed by atoms with van der Waals surface area (Å²) in [6.07, 6.45) is 3.16. The first-order chi connectivity index (χ1) is 13.4. The highest BCUT2D eigenvalue weighted by atomic mass is 79.9. The maximum Gasteiger partial charge on any atom is 0.252 e. The molecule has 1 aliphatic heterocycles. The zero-order valence-electron chi connectivity index (χ0n) is 16.0. The van der Waals surface area contributed by atoms with Crippen molar-refractivity contribution in [1.82, 2.24) is 10.3 Å². The van der Waals surface area contributed by atoms with E-state index in [1.54, 1.807) is 6.07 Å². The first kappa shape index (κ1) is 21.1. The van der Waals surface area contributed by atoms with Gasteiger partial charge in [-0.1, -0.05) is 39.7 Å². The fourth-order valence-electron chi connectivity index (χ4n) is 3.36. The quantitative estimate of drug-likeness (QED) is 0.665. The van der Waals surface area contributed by atoms with Crippen molar-refractivity contribution in [3.8, 4) is 5.88 Å². The van der Waals surface area contributed by atoms with E-state index in [0.29, 0.717) is 36.2 Å². The molecule has 2 heterocycles. The van der Waals surface area contributed by atoms with Crippen molar-refractivity contribution in [1.29, 1.82) is 0 Å². The number of hydrogen-bond acceptors (Lipinski definition) is 4. The summed E-state index contributed by atoms with van der Waals surface area (Å²) in [6.45, 7) is 5.67. The Hall–Kier alpha value is -1.63. The number of amides is 1. The first-order valence-electron chi connectivity index (χ1n) is 9.34. The van der Waals surface area contributed by atoms with Crippen molar-refractivity contribution in [2.24, 2.45) is 0 Å². The molecule has 1 amide bonds. The van der Waals surface area contributed by atoms with Crippen LogP contribution in [0.2, 0.25) is 5.02 Å². The van der Waals surface area contributed by atoms with Crippen molar-refractivity contribution in [3.63, 3.8) is 0 Å². The SMILES string of the molecule is CC(C)Oc1ncc(C(=O)NCC2(c3cccc(Br)c3)CCOCC2)cc1Cl. The van der Waals surface area contributed by atoms with Gasteiger partial charge in [-0.2, -0.15) is 0 Å². The van der Waals surface area contributed by atoms with Crippen LogP contribution >= 0.6 is 27.5 Å². The lowest BCUT2D eigenvalue weighted by atomic mass is 9.74. The summed E-state index contributed by atoms with van der Waals surface area (Å²) in [5.41, 5.74) is 1.45. The topological polar surface area (TPSA) is 60.5 Å². The number of pyridine rings is 1. The Kier molecular flexibility index (Phi) is 6.96. The second kappa shape index (κ2) is 9.25. The minimum Gasteiger partial charge on any atom is -0.474 e. The van der Waals surface area contributed by atoms with E-state index in [1.807, 2.05) is 26.0 Å². The number of benzene rings is 1. The van der Waals surface area contributed by atoms with E-state index in [-0.39, 0.29) is 17.4 Å². The Morgan fingerprint density at radius 1 is 1.36 bits per heavy atom. The third-order valence-corrected chi connectivity index (χ3v) is 5.66. The molecule has 0 spiro atoms. The number of halogens is 2. The molecular weight excluding hydrogens is 444 g/mol. The first-order valence-corrected chi connectivity index (χ1v) is 10.5. The number of nitrogens with zero attached hydrogens (tertiary/aromatic N) is 1. The maximum absolute atomic E-state index is 12.7. The molecule has 0 unspecified atom stereocenters. The summed E-state index contributed by atoms with van der Waals surface area (Å²) >= 11 is 9.77. The molecule has 0 atom stereocenters. The molecule has 0 aliphatic carbocycles. The molecule has 1 aromatic carbocycles. The van der Waals surface area contributed by atoms with E-state index in [2.05, 4.69) is 38.4 Å². The van der Waals surface area contributed by atoms with Gasteiger partial charge < -0.3 is 14.8 Å². The van der Waals surface area contributed by atoms with Crippen LogP contribution in [-0.4, -0.2) is 36.8 Å². The summed E-state index contributed by atoms with van der Waals surface area (Å²) in [6, 6.07) is 9.85. The second-order valence-corrected chi connectivity index (χ2v) is 8.59. The predicted molar refractivity (Wildman–Crippen MR) is 113 cm³/mol. The fraction of sp³-hybridized carbons (Fsp3) is 0.429. The highest BCUT2D eigenvalue weighted by molar-refractivity contribution is 9.10. The van der Waals surface area contributed by atoms with Crippen molar-refractivity contribution >= 4 is 33.4 Å². The Balaban J connectivity index is 1.75. The molecule has 1 N–H and O–H groups in total. The normalized spacial score (nSPS) is 16.0. The van der Waals surface area contributed by atoms with Crippen LogP contribution in [0, 0.1) is 0 Å². The molecule has 2 aromatic rings. The average Bonchev–Trinajstić information content (AvgIpc) is 2.68. The lowest BCUT2D eigenvalue weighted by molar-refractivity contribution is 0.0487. The third-order valence-electron chi connectivity index (χ3n) is 4.89. The number of ether oxygens (including phenoxy) is 2. The van der Waals surface area contributed by atoms with Gasteiger partial charge in [0.1, 0.15) is 5.02 Å². The van der Waals surface area contributed by atoms with Gasteiger partial charge in [0.05, 0.1) is 11.7 Å². The van der Waals surface area contributed by atoms with E-state index in [9.17, 15) is 4.79 Å². The van der Waals surface area contributed by atoms with Gasteiger partial charge >= 0.3 is 0 Å². The largest absolute Gasteiger partial charge is 0.474 e. The van der Waals surface area contributed by atoms with E-state index < -0.39 is 0 Å². The smallest absolute Gasteiger partial charge is 0.252 e. The van der Waals surface area contributed by atoms with Gasteiger partial charge in [0.15, 0.2) is 0 Å². The standard InChI is InChI=1S/C21H24BrClN2O3/c1-14(2)28-20-18(23)10-15(12-24-20)19(26)25-13-21(6-8-27-9-7-21)16-4-3-5-17(22)11-16/h3-5,10-12,14H,6-9,13H2,1-2H3,(H,25,26). The van der Waals surface area contributed by atoms with E-state index in [0.717, 1.165) is 17.3 Å². The van der Waals surface area contributed by atoms with Crippen LogP contribution in [-0.2, 0) is 10.2 Å². The molecule has 1 saturated heterocycles. The molecule has 3 rings (SSSR count). The maximum atomic E-state index is 12.7. The zero-order chi connectivity index (χ0) is 20.1. The number of hydrogen-bond donors (Lipinski definition) is 1. The van der Waals surface area contributed by atoms with Crippen molar-refractivity contribution in [2.45, 2.75) is 38.2 Å². The lowest BCUT2D eigenvalue weighted by Crippen LogP contribution is -2.44. The van der Waals surface area contributed by atoms with Crippen LogP contribution < -0.4 is 10.1 Å². The molecule has 0 bridgehead atoms. The van der Waals surface area contributed by atoms with E-state index in [1.165, 1.54) is 11.8 Å². The number of nitrogens with one attached hydrogen (secondary N) is 1. The summed E-state index contributed by atoms with van der Waals surface area (Å²) in [5.74, 6) is 0.134. The summed E-state index contributed by atoms with van der Waals surface area (Å²) in [4.78, 5) is 16.9. The van der Waals surface area contributed by atoms with Crippen LogP contribution in [0.1, 0.15) is 42.6 Å². The van der Waals surface area contributed by atoms with E-state index >= 15 is 0 Å². The van der Waals surface area contributed by atoms with Crippen LogP contribution in [0.3, 0.4) is 0 Å². The molecule has 1 fully saturated rings. The van der Waals surface area contributed by atoms with Gasteiger partial charge in [-0.25, -0.2) is 4.98 Å². The Morgan fingerprint density at radius 2 is 2.11 bits per heavy atom. The van der Waals surface area contributed by atoms with Gasteiger partial charge in [0.25, 0.3) is 5.91 Å². The van der Waals surface area contributed by atoms with Gasteiger partial charge in [-0.05, 0) is 50.5 Å². The second-order valence-electron chi connectivity index (χ2n) is 7.26. The van der Waals surface area contributed by atoms with Crippen LogP contribution in [0.15, 0.2) is 41.0 Å². The highest BCUT2D eigenvalue weighted by Gasteiger charge is 2.35. The van der Waals surface area contributed by atoms with Gasteiger partial charge in [-0.15, -0.1) is 0 Å². The molecule has 1 aromatic heterocycles. The Labute approximate surface area is 178 Å². The van der Waals surface area contributed by atoms with Crippen LogP contribution in [0.4, 0.5) is 0 Å². The number of rotatable bonds is 6. The van der Waals surface area contributed by atoms with Crippen molar-refractivity contribution in [2.75, 3.05) is 19.8 Å². The minimum atomic E-state index is -0.202. The summed E-state index contributed by atoms with van der Waals surface area (Å²) in [5, 5.41) is 3.39. The number of carbonyl (C=O) groups excluding carboxylic acids is 1. The molecule has 0 radical (unpaired) electrons. The number of carbonyl (C=O) groups is 1. The van der Waals surface area contributed by atoms with Gasteiger partial charge in [0.2, 0.25) is 5.88 Å². The third kappa shape index (κ3) is 5.04. The zero-order valence-corrected chi connectivity index (χ0v) is 18.3. The highest BCUT2D eigenvalue weighted by Crippen LogP contribution is 2.35. The molecule has 1 aliphatic rings. The van der Waals surface area contributed by atoms with Gasteiger partial charge in [-0.3, -0.25) is 4.79 Å². The van der Waals surface area contributed by atoms with Crippen LogP contribution in [0.25, 0.3) is 0 Å². The molecule has 0 saturated carbocycles. The molecule has 28 heavy (non-hydrogen) atoms. The van der Waals surface area contributed by atoms with Crippen LogP contribution in [0.5, 0.6) is 5.88 Å². The molecular formula is C21H24BrClN2O3. The minimum absolute atomic E-state index is 0.0387. The fourth-order valence-corrected chi connectivity index (χ4v) is 3.97. The van der Waals surface area contributed by atoms with Gasteiger partial charge in [0, 0.05) is 35.8 Å². The number of aromatic nitrogens is 1. The van der Waals surface area contributed by atoms with E-state index in [4.69, 9.17) is 21.1 Å². The predicted octanol–water partition coefficient (Wildman–Crippen LogP) is 4.76. The average molecular weight is 468 g/mol. The monoisotopic (exact) mass is 466 g/mol. The molecule has 150 valence electrons. The molecule has 7 heteroatoms. The molecule has 5 nitrogen and oxygen atoms in total. The lowest BCUT2D eigenvalue weighted by Gasteiger charge is -2.38. The van der Waals surface area contributed by atoms with Crippen molar-refractivity contribution in [3.05, 3.63) is 57.2 Å². The Bertz CT molecular complexity index is 838. The summed E-state index contributed by atoms with van der Waals surface area (Å²) in [7, 11) is 0. The summed E-state index contributed by atoms with van der Waals surface area (Å²) < 4.78 is 12.1. The Morgan fingerprint density at radius 3 is 2.75 bits per heavy atom. The van der Waals surface area contributed by atoms with Crippen molar-refractivity contribution < 1.29 is 14.3 Å².